The summed E-state index contributed by atoms with van der Waals surface area (Å²) < 4.78 is 0. The molecule has 0 bridgehead atoms. The maximum atomic E-state index is 11.4. The number of amides is 2. The summed E-state index contributed by atoms with van der Waals surface area (Å²) in [6, 6.07) is 4.34. The fraction of sp³-hybridized carbons (Fsp3) is 0.182. The number of carboxylic acids is 1. The maximum Gasteiger partial charge on any atom is 0.337 e. The number of rotatable bonds is 5. The number of para-hydroxylation sites is 1. The van der Waals surface area contributed by atoms with Crippen LogP contribution in [0.4, 0.5) is 11.4 Å². The average Bonchev–Trinajstić information content (AvgIpc) is 2.39. The van der Waals surface area contributed by atoms with Gasteiger partial charge in [0.15, 0.2) is 0 Å². The summed E-state index contributed by atoms with van der Waals surface area (Å²) >= 11 is 5.95. The highest BCUT2D eigenvalue weighted by Crippen LogP contribution is 2.26. The van der Waals surface area contributed by atoms with Crippen LogP contribution in [-0.4, -0.2) is 33.6 Å². The Bertz CT molecular complexity index is 519. The van der Waals surface area contributed by atoms with Crippen molar-refractivity contribution in [3.63, 3.8) is 0 Å². The zero-order valence-corrected chi connectivity index (χ0v) is 12.7. The van der Waals surface area contributed by atoms with Crippen molar-refractivity contribution < 1.29 is 19.5 Å². The van der Waals surface area contributed by atoms with Crippen LogP contribution in [0.3, 0.4) is 0 Å². The first-order valence-corrected chi connectivity index (χ1v) is 7.31. The summed E-state index contributed by atoms with van der Waals surface area (Å²) in [5, 5.41) is 14.1. The van der Waals surface area contributed by atoms with Gasteiger partial charge in [-0.05, 0) is 12.1 Å². The molecule has 2 amide bonds. The molecular formula is C11H10Br2N2O4. The summed E-state index contributed by atoms with van der Waals surface area (Å²) in [6.07, 6.45) is 0. The largest absolute Gasteiger partial charge is 0.478 e. The number of benzene rings is 1. The van der Waals surface area contributed by atoms with Gasteiger partial charge in [0.2, 0.25) is 11.8 Å². The molecule has 0 unspecified atom stereocenters. The summed E-state index contributed by atoms with van der Waals surface area (Å²) in [7, 11) is 0. The predicted molar refractivity (Wildman–Crippen MR) is 78.2 cm³/mol. The third-order valence-electron chi connectivity index (χ3n) is 2.08. The Labute approximate surface area is 125 Å². The first-order chi connectivity index (χ1) is 8.99. The number of hydrogen-bond donors (Lipinski definition) is 3. The minimum atomic E-state index is -1.19. The second-order valence-electron chi connectivity index (χ2n) is 3.40. The van der Waals surface area contributed by atoms with E-state index in [1.165, 1.54) is 18.2 Å². The lowest BCUT2D eigenvalue weighted by atomic mass is 10.1. The van der Waals surface area contributed by atoms with Crippen LogP contribution in [0.2, 0.25) is 0 Å². The monoisotopic (exact) mass is 392 g/mol. The molecule has 0 spiro atoms. The molecule has 0 heterocycles. The minimum absolute atomic E-state index is 0.0206. The molecular weight excluding hydrogens is 384 g/mol. The quantitative estimate of drug-likeness (QED) is 0.667. The number of halogens is 2. The summed E-state index contributed by atoms with van der Waals surface area (Å²) in [6.45, 7) is 0. The van der Waals surface area contributed by atoms with Crippen LogP contribution in [0.5, 0.6) is 0 Å². The lowest BCUT2D eigenvalue weighted by Gasteiger charge is -2.13. The van der Waals surface area contributed by atoms with E-state index in [0.717, 1.165) is 0 Å². The van der Waals surface area contributed by atoms with E-state index < -0.39 is 11.9 Å². The Hall–Kier alpha value is -1.41. The van der Waals surface area contributed by atoms with E-state index in [4.69, 9.17) is 5.11 Å². The molecule has 19 heavy (non-hydrogen) atoms. The SMILES string of the molecule is O=C(CBr)Nc1cccc(C(=O)O)c1NC(=O)CBr. The van der Waals surface area contributed by atoms with Gasteiger partial charge in [-0.25, -0.2) is 4.79 Å². The van der Waals surface area contributed by atoms with Crippen molar-refractivity contribution >= 4 is 61.0 Å². The second kappa shape index (κ2) is 7.25. The van der Waals surface area contributed by atoms with Crippen LogP contribution in [0.15, 0.2) is 18.2 Å². The van der Waals surface area contributed by atoms with Crippen LogP contribution in [0.1, 0.15) is 10.4 Å². The summed E-state index contributed by atoms with van der Waals surface area (Å²) in [5.74, 6) is -1.96. The van der Waals surface area contributed by atoms with Crippen molar-refractivity contribution in [1.29, 1.82) is 0 Å². The van der Waals surface area contributed by atoms with E-state index in [1.807, 2.05) is 0 Å². The summed E-state index contributed by atoms with van der Waals surface area (Å²) in [5.41, 5.74) is 0.203. The van der Waals surface area contributed by atoms with Crippen molar-refractivity contribution in [3.8, 4) is 0 Å². The molecule has 6 nitrogen and oxygen atoms in total. The predicted octanol–water partition coefficient (Wildman–Crippen LogP) is 2.05. The molecule has 3 N–H and O–H groups in total. The van der Waals surface area contributed by atoms with Gasteiger partial charge in [0.1, 0.15) is 0 Å². The molecule has 0 saturated carbocycles. The number of aromatic carboxylic acids is 1. The Morgan fingerprint density at radius 3 is 2.16 bits per heavy atom. The molecule has 0 aromatic heterocycles. The Morgan fingerprint density at radius 2 is 1.63 bits per heavy atom. The van der Waals surface area contributed by atoms with Crippen LogP contribution >= 0.6 is 31.9 Å². The van der Waals surface area contributed by atoms with Crippen molar-refractivity contribution in [2.45, 2.75) is 0 Å². The zero-order chi connectivity index (χ0) is 14.4. The zero-order valence-electron chi connectivity index (χ0n) is 9.57. The molecule has 0 fully saturated rings. The number of carboxylic acid groups (broad SMARTS) is 1. The minimum Gasteiger partial charge on any atom is -0.478 e. The number of carbonyl (C=O) groups is 3. The van der Waals surface area contributed by atoms with Crippen LogP contribution in [0.25, 0.3) is 0 Å². The van der Waals surface area contributed by atoms with E-state index in [2.05, 4.69) is 42.5 Å². The third-order valence-corrected chi connectivity index (χ3v) is 3.09. The Kier molecular flexibility index (Phi) is 5.97. The van der Waals surface area contributed by atoms with E-state index in [9.17, 15) is 14.4 Å². The molecule has 0 atom stereocenters. The van der Waals surface area contributed by atoms with Crippen LogP contribution < -0.4 is 10.6 Å². The van der Waals surface area contributed by atoms with Crippen LogP contribution in [-0.2, 0) is 9.59 Å². The lowest BCUT2D eigenvalue weighted by Crippen LogP contribution is -2.19. The van der Waals surface area contributed by atoms with Gasteiger partial charge in [-0.2, -0.15) is 0 Å². The van der Waals surface area contributed by atoms with E-state index in [-0.39, 0.29) is 33.5 Å². The van der Waals surface area contributed by atoms with Crippen molar-refractivity contribution in [1.82, 2.24) is 0 Å². The number of carbonyl (C=O) groups excluding carboxylic acids is 2. The van der Waals surface area contributed by atoms with Gasteiger partial charge in [-0.1, -0.05) is 37.9 Å². The van der Waals surface area contributed by atoms with Gasteiger partial charge in [0.25, 0.3) is 0 Å². The Balaban J connectivity index is 3.21. The van der Waals surface area contributed by atoms with Crippen LogP contribution in [0, 0.1) is 0 Å². The topological polar surface area (TPSA) is 95.5 Å². The van der Waals surface area contributed by atoms with Crippen molar-refractivity contribution in [2.24, 2.45) is 0 Å². The molecule has 0 aliphatic rings. The molecule has 0 aliphatic carbocycles. The molecule has 1 aromatic carbocycles. The van der Waals surface area contributed by atoms with Gasteiger partial charge in [-0.3, -0.25) is 9.59 Å². The van der Waals surface area contributed by atoms with Gasteiger partial charge in [0, 0.05) is 0 Å². The normalized spacial score (nSPS) is 9.79. The molecule has 102 valence electrons. The molecule has 0 radical (unpaired) electrons. The highest BCUT2D eigenvalue weighted by atomic mass is 79.9. The van der Waals surface area contributed by atoms with Gasteiger partial charge in [0.05, 0.1) is 27.6 Å². The van der Waals surface area contributed by atoms with Crippen molar-refractivity contribution in [3.05, 3.63) is 23.8 Å². The number of alkyl halides is 2. The maximum absolute atomic E-state index is 11.4. The van der Waals surface area contributed by atoms with Gasteiger partial charge >= 0.3 is 5.97 Å². The smallest absolute Gasteiger partial charge is 0.337 e. The number of anilines is 2. The summed E-state index contributed by atoms with van der Waals surface area (Å²) in [4.78, 5) is 33.8. The van der Waals surface area contributed by atoms with Gasteiger partial charge in [-0.15, -0.1) is 0 Å². The highest BCUT2D eigenvalue weighted by molar-refractivity contribution is 9.09. The fourth-order valence-corrected chi connectivity index (χ4v) is 1.61. The molecule has 8 heteroatoms. The average molecular weight is 394 g/mol. The number of nitrogens with one attached hydrogen (secondary N) is 2. The standard InChI is InChI=1S/C11H10Br2N2O4/c12-4-8(16)14-7-3-1-2-6(11(18)19)10(7)15-9(17)5-13/h1-3H,4-5H2,(H,14,16)(H,15,17)(H,18,19). The van der Waals surface area contributed by atoms with E-state index >= 15 is 0 Å². The first kappa shape index (κ1) is 15.6. The van der Waals surface area contributed by atoms with Gasteiger partial charge < -0.3 is 15.7 Å². The molecule has 1 aromatic rings. The lowest BCUT2D eigenvalue weighted by molar-refractivity contribution is -0.114. The molecule has 1 rings (SSSR count). The first-order valence-electron chi connectivity index (χ1n) is 5.07. The van der Waals surface area contributed by atoms with E-state index in [1.54, 1.807) is 0 Å². The third kappa shape index (κ3) is 4.32. The molecule has 0 saturated heterocycles. The van der Waals surface area contributed by atoms with Crippen molar-refractivity contribution in [2.75, 3.05) is 21.3 Å². The highest BCUT2D eigenvalue weighted by Gasteiger charge is 2.17. The molecule has 0 aliphatic heterocycles. The Morgan fingerprint density at radius 1 is 1.05 bits per heavy atom. The fourth-order valence-electron chi connectivity index (χ4n) is 1.33. The second-order valence-corrected chi connectivity index (χ2v) is 4.52. The van der Waals surface area contributed by atoms with E-state index in [0.29, 0.717) is 0 Å². The number of hydrogen-bond acceptors (Lipinski definition) is 3.